The second-order valence-electron chi connectivity index (χ2n) is 13.2. The summed E-state index contributed by atoms with van der Waals surface area (Å²) in [5, 5.41) is 19.2. The van der Waals surface area contributed by atoms with Crippen LogP contribution in [0.25, 0.3) is 11.0 Å². The summed E-state index contributed by atoms with van der Waals surface area (Å²) in [5.41, 5.74) is -0.0120. The van der Waals surface area contributed by atoms with Crippen molar-refractivity contribution < 1.29 is 24.2 Å². The highest BCUT2D eigenvalue weighted by molar-refractivity contribution is 6.00. The van der Waals surface area contributed by atoms with Crippen molar-refractivity contribution in [3.8, 4) is 0 Å². The van der Waals surface area contributed by atoms with Gasteiger partial charge in [0.1, 0.15) is 23.8 Å². The molecule has 7 rings (SSSR count). The van der Waals surface area contributed by atoms with Crippen molar-refractivity contribution in [1.29, 1.82) is 0 Å². The zero-order valence-corrected chi connectivity index (χ0v) is 26.4. The highest BCUT2D eigenvalue weighted by Crippen LogP contribution is 2.59. The number of carbonyl (C=O) groups excluding carboxylic acids is 3. The Morgan fingerprint density at radius 1 is 0.913 bits per heavy atom. The minimum Gasteiger partial charge on any atom is -0.394 e. The maximum atomic E-state index is 14.9. The number of nitrogens with zero attached hydrogens (tertiary/aromatic N) is 6. The molecule has 1 spiro atoms. The molecule has 3 aromatic rings. The lowest BCUT2D eigenvalue weighted by atomic mass is 9.73. The molecular formula is C35H40N6O5. The SMILES string of the molecule is CC[C@@]12C=CCN(Cc3ccccc3)C(=O)[C@@H]1[C@H]1C(=O)N([C@@H](CO)C(C)C)C3C(=O)N(Cn4nnc5ccccc54)CC=C[C@@]31O2. The number of aliphatic hydroxyl groups excluding tert-OH is 1. The summed E-state index contributed by atoms with van der Waals surface area (Å²) >= 11 is 0. The van der Waals surface area contributed by atoms with Gasteiger partial charge in [0.15, 0.2) is 0 Å². The first-order valence-corrected chi connectivity index (χ1v) is 16.1. The van der Waals surface area contributed by atoms with Gasteiger partial charge in [0, 0.05) is 19.6 Å². The molecule has 4 aliphatic heterocycles. The molecule has 11 heteroatoms. The van der Waals surface area contributed by atoms with E-state index in [4.69, 9.17) is 4.74 Å². The van der Waals surface area contributed by atoms with E-state index in [9.17, 15) is 19.5 Å². The minimum absolute atomic E-state index is 0.112. The average Bonchev–Trinajstić information content (AvgIpc) is 3.60. The van der Waals surface area contributed by atoms with Crippen LogP contribution in [0.1, 0.15) is 32.8 Å². The van der Waals surface area contributed by atoms with Gasteiger partial charge in [-0.3, -0.25) is 14.4 Å². The van der Waals surface area contributed by atoms with E-state index < -0.39 is 35.1 Å². The topological polar surface area (TPSA) is 121 Å². The maximum absolute atomic E-state index is 14.9. The quantitative estimate of drug-likeness (QED) is 0.383. The molecule has 240 valence electrons. The first kappa shape index (κ1) is 30.3. The molecular weight excluding hydrogens is 584 g/mol. The predicted octanol–water partition coefficient (Wildman–Crippen LogP) is 2.76. The van der Waals surface area contributed by atoms with Crippen molar-refractivity contribution >= 4 is 28.8 Å². The molecule has 6 atom stereocenters. The van der Waals surface area contributed by atoms with Crippen molar-refractivity contribution in [2.45, 2.75) is 63.7 Å². The number of aromatic nitrogens is 3. The second kappa shape index (κ2) is 11.5. The van der Waals surface area contributed by atoms with E-state index in [1.54, 1.807) is 14.5 Å². The summed E-state index contributed by atoms with van der Waals surface area (Å²) in [4.78, 5) is 49.3. The summed E-state index contributed by atoms with van der Waals surface area (Å²) in [6, 6.07) is 15.6. The summed E-state index contributed by atoms with van der Waals surface area (Å²) < 4.78 is 8.77. The third kappa shape index (κ3) is 4.51. The molecule has 1 N–H and O–H groups in total. The number of fused-ring (bicyclic) bond motifs is 3. The van der Waals surface area contributed by atoms with Gasteiger partial charge in [0.2, 0.25) is 11.8 Å². The molecule has 4 aliphatic rings. The van der Waals surface area contributed by atoms with E-state index in [1.165, 1.54) is 4.90 Å². The Hall–Kier alpha value is -4.35. The third-order valence-corrected chi connectivity index (χ3v) is 10.3. The van der Waals surface area contributed by atoms with E-state index in [0.29, 0.717) is 25.0 Å². The van der Waals surface area contributed by atoms with Gasteiger partial charge in [-0.25, -0.2) is 4.68 Å². The molecule has 3 amide bonds. The highest BCUT2D eigenvalue weighted by atomic mass is 16.5. The fraction of sp³-hybridized carbons (Fsp3) is 0.457. The normalized spacial score (nSPS) is 29.7. The Morgan fingerprint density at radius 2 is 1.63 bits per heavy atom. The fourth-order valence-corrected chi connectivity index (χ4v) is 8.03. The molecule has 11 nitrogen and oxygen atoms in total. The van der Waals surface area contributed by atoms with Crippen LogP contribution in [0.2, 0.25) is 0 Å². The summed E-state index contributed by atoms with van der Waals surface area (Å²) in [6.07, 6.45) is 8.06. The summed E-state index contributed by atoms with van der Waals surface area (Å²) in [5.74, 6) is -2.80. The molecule has 46 heavy (non-hydrogen) atoms. The number of ether oxygens (including phenoxy) is 1. The van der Waals surface area contributed by atoms with Gasteiger partial charge in [0.05, 0.1) is 35.6 Å². The molecule has 2 saturated heterocycles. The van der Waals surface area contributed by atoms with Gasteiger partial charge < -0.3 is 24.5 Å². The van der Waals surface area contributed by atoms with Gasteiger partial charge in [-0.15, -0.1) is 5.10 Å². The number of aliphatic hydroxyl groups is 1. The van der Waals surface area contributed by atoms with Crippen molar-refractivity contribution in [3.63, 3.8) is 0 Å². The Kier molecular flexibility index (Phi) is 7.56. The lowest BCUT2D eigenvalue weighted by Gasteiger charge is -2.41. The van der Waals surface area contributed by atoms with E-state index in [-0.39, 0.29) is 43.5 Å². The third-order valence-electron chi connectivity index (χ3n) is 10.3. The van der Waals surface area contributed by atoms with Gasteiger partial charge in [-0.1, -0.05) is 92.8 Å². The van der Waals surface area contributed by atoms with Crippen LogP contribution in [0.5, 0.6) is 0 Å². The fourth-order valence-electron chi connectivity index (χ4n) is 8.03. The molecule has 0 bridgehead atoms. The number of carbonyl (C=O) groups is 3. The molecule has 0 aliphatic carbocycles. The standard InChI is InChI=1S/C35H40N6O5/c1-4-34-16-10-18-38(20-24-12-6-5-7-13-24)31(43)28(34)29-32(44)41(27(21-42)23(2)3)30-33(45)39(19-11-17-35(29,30)46-34)22-40-26-15-9-8-14-25(26)36-37-40/h5-17,23,27-30,42H,4,18-22H2,1-3H3/t27-,28-,29-,30?,34+,35-/m0/s1. The van der Waals surface area contributed by atoms with Crippen molar-refractivity contribution in [2.24, 2.45) is 17.8 Å². The van der Waals surface area contributed by atoms with Crippen LogP contribution in [-0.2, 0) is 32.3 Å². The monoisotopic (exact) mass is 624 g/mol. The van der Waals surface area contributed by atoms with Crippen LogP contribution in [-0.4, -0.2) is 95.5 Å². The highest BCUT2D eigenvalue weighted by Gasteiger charge is 2.76. The molecule has 0 radical (unpaired) electrons. The average molecular weight is 625 g/mol. The number of rotatable bonds is 8. The maximum Gasteiger partial charge on any atom is 0.250 e. The van der Waals surface area contributed by atoms with Crippen molar-refractivity contribution in [1.82, 2.24) is 29.7 Å². The lowest BCUT2D eigenvalue weighted by molar-refractivity contribution is -0.159. The Balaban J connectivity index is 1.32. The summed E-state index contributed by atoms with van der Waals surface area (Å²) in [7, 11) is 0. The molecule has 0 saturated carbocycles. The van der Waals surface area contributed by atoms with E-state index >= 15 is 0 Å². The number of hydrogen-bond donors (Lipinski definition) is 1. The van der Waals surface area contributed by atoms with Crippen LogP contribution in [0.4, 0.5) is 0 Å². The zero-order chi connectivity index (χ0) is 32.2. The smallest absolute Gasteiger partial charge is 0.250 e. The molecule has 1 unspecified atom stereocenters. The Morgan fingerprint density at radius 3 is 2.37 bits per heavy atom. The molecule has 5 heterocycles. The molecule has 2 aromatic carbocycles. The van der Waals surface area contributed by atoms with Gasteiger partial charge >= 0.3 is 0 Å². The van der Waals surface area contributed by atoms with Crippen LogP contribution >= 0.6 is 0 Å². The first-order chi connectivity index (χ1) is 22.2. The second-order valence-corrected chi connectivity index (χ2v) is 13.2. The lowest BCUT2D eigenvalue weighted by Crippen LogP contribution is -2.59. The van der Waals surface area contributed by atoms with Crippen molar-refractivity contribution in [2.75, 3.05) is 19.7 Å². The molecule has 1 aromatic heterocycles. The predicted molar refractivity (Wildman–Crippen MR) is 170 cm³/mol. The van der Waals surface area contributed by atoms with Gasteiger partial charge in [0.25, 0.3) is 5.91 Å². The number of hydrogen-bond acceptors (Lipinski definition) is 7. The van der Waals surface area contributed by atoms with Crippen LogP contribution < -0.4 is 0 Å². The van der Waals surface area contributed by atoms with E-state index in [0.717, 1.165) is 11.1 Å². The van der Waals surface area contributed by atoms with Crippen LogP contribution in [0, 0.1) is 17.8 Å². The number of benzene rings is 2. The number of para-hydroxylation sites is 1. The van der Waals surface area contributed by atoms with Gasteiger partial charge in [-0.05, 0) is 30.0 Å². The Labute approximate surface area is 268 Å². The zero-order valence-electron chi connectivity index (χ0n) is 26.4. The largest absolute Gasteiger partial charge is 0.394 e. The van der Waals surface area contributed by atoms with E-state index in [2.05, 4.69) is 10.3 Å². The minimum atomic E-state index is -1.41. The van der Waals surface area contributed by atoms with Crippen LogP contribution in [0.3, 0.4) is 0 Å². The number of amides is 3. The Bertz CT molecular complexity index is 1720. The first-order valence-electron chi connectivity index (χ1n) is 16.1. The van der Waals surface area contributed by atoms with E-state index in [1.807, 2.05) is 99.7 Å². The summed E-state index contributed by atoms with van der Waals surface area (Å²) in [6.45, 7) is 6.61. The van der Waals surface area contributed by atoms with Crippen molar-refractivity contribution in [3.05, 3.63) is 84.5 Å². The number of likely N-dealkylation sites (tertiary alicyclic amines) is 1. The molecule has 2 fully saturated rings. The van der Waals surface area contributed by atoms with Crippen LogP contribution in [0.15, 0.2) is 78.9 Å². The van der Waals surface area contributed by atoms with Gasteiger partial charge in [-0.2, -0.15) is 0 Å².